The van der Waals surface area contributed by atoms with Crippen molar-refractivity contribution in [3.05, 3.63) is 64.1 Å². The fourth-order valence-corrected chi connectivity index (χ4v) is 3.32. The van der Waals surface area contributed by atoms with Gasteiger partial charge in [-0.25, -0.2) is 9.78 Å². The SMILES string of the molecule is C[C@H](NC(=O)COC(=O)c1ccc2c(=O)n3c(nc2c1)CCC3)c1ccco1. The minimum absolute atomic E-state index is 0.0938. The highest BCUT2D eigenvalue weighted by molar-refractivity contribution is 5.95. The van der Waals surface area contributed by atoms with Crippen LogP contribution in [0.4, 0.5) is 0 Å². The number of carbonyl (C=O) groups excluding carboxylic acids is 2. The lowest BCUT2D eigenvalue weighted by Gasteiger charge is -2.11. The van der Waals surface area contributed by atoms with Gasteiger partial charge in [-0.2, -0.15) is 0 Å². The molecule has 8 nitrogen and oxygen atoms in total. The van der Waals surface area contributed by atoms with Crippen molar-refractivity contribution in [2.45, 2.75) is 32.4 Å². The van der Waals surface area contributed by atoms with E-state index in [0.717, 1.165) is 18.7 Å². The highest BCUT2D eigenvalue weighted by Crippen LogP contribution is 2.17. The molecule has 4 rings (SSSR count). The molecule has 0 bridgehead atoms. The molecule has 0 unspecified atom stereocenters. The number of rotatable bonds is 5. The molecule has 1 aliphatic heterocycles. The van der Waals surface area contributed by atoms with Gasteiger partial charge in [-0.05, 0) is 43.7 Å². The minimum atomic E-state index is -0.648. The van der Waals surface area contributed by atoms with Crippen molar-refractivity contribution in [1.29, 1.82) is 0 Å². The molecule has 1 aromatic carbocycles. The average Bonchev–Trinajstić information content (AvgIpc) is 3.37. The summed E-state index contributed by atoms with van der Waals surface area (Å²) in [5.74, 6) is 0.255. The second-order valence-electron chi connectivity index (χ2n) is 6.70. The minimum Gasteiger partial charge on any atom is -0.467 e. The summed E-state index contributed by atoms with van der Waals surface area (Å²) in [5.41, 5.74) is 0.612. The number of aryl methyl sites for hydroxylation is 1. The Hall–Kier alpha value is -3.42. The monoisotopic (exact) mass is 381 g/mol. The molecular weight excluding hydrogens is 362 g/mol. The lowest BCUT2D eigenvalue weighted by atomic mass is 10.1. The van der Waals surface area contributed by atoms with E-state index in [2.05, 4.69) is 10.3 Å². The van der Waals surface area contributed by atoms with Gasteiger partial charge in [0.1, 0.15) is 11.6 Å². The quantitative estimate of drug-likeness (QED) is 0.678. The maximum atomic E-state index is 12.5. The first-order chi connectivity index (χ1) is 13.5. The van der Waals surface area contributed by atoms with Gasteiger partial charge in [0, 0.05) is 13.0 Å². The van der Waals surface area contributed by atoms with Gasteiger partial charge in [0.15, 0.2) is 6.61 Å². The van der Waals surface area contributed by atoms with Gasteiger partial charge in [-0.15, -0.1) is 0 Å². The summed E-state index contributed by atoms with van der Waals surface area (Å²) in [5, 5.41) is 3.15. The van der Waals surface area contributed by atoms with E-state index in [1.165, 1.54) is 18.4 Å². The average molecular weight is 381 g/mol. The lowest BCUT2D eigenvalue weighted by Crippen LogP contribution is -2.31. The molecule has 144 valence electrons. The molecule has 8 heteroatoms. The van der Waals surface area contributed by atoms with E-state index in [0.29, 0.717) is 23.2 Å². The Labute approximate surface area is 160 Å². The number of aromatic nitrogens is 2. The maximum Gasteiger partial charge on any atom is 0.338 e. The number of benzene rings is 1. The molecule has 1 N–H and O–H groups in total. The molecule has 1 aliphatic rings. The smallest absolute Gasteiger partial charge is 0.338 e. The molecule has 0 saturated heterocycles. The number of hydrogen-bond donors (Lipinski definition) is 1. The number of fused-ring (bicyclic) bond motifs is 2. The normalized spacial score (nSPS) is 13.9. The first kappa shape index (κ1) is 18.0. The van der Waals surface area contributed by atoms with Crippen LogP contribution in [-0.4, -0.2) is 28.0 Å². The van der Waals surface area contributed by atoms with Crippen LogP contribution in [-0.2, 0) is 22.5 Å². The summed E-state index contributed by atoms with van der Waals surface area (Å²) in [6.45, 7) is 2.03. The summed E-state index contributed by atoms with van der Waals surface area (Å²) in [6.07, 6.45) is 3.15. The van der Waals surface area contributed by atoms with Crippen LogP contribution in [0.5, 0.6) is 0 Å². The van der Waals surface area contributed by atoms with Crippen LogP contribution in [0.3, 0.4) is 0 Å². The fourth-order valence-electron chi connectivity index (χ4n) is 3.32. The van der Waals surface area contributed by atoms with Crippen molar-refractivity contribution in [1.82, 2.24) is 14.9 Å². The van der Waals surface area contributed by atoms with Crippen LogP contribution in [0.15, 0.2) is 45.8 Å². The fraction of sp³-hybridized carbons (Fsp3) is 0.300. The summed E-state index contributed by atoms with van der Waals surface area (Å²) in [4.78, 5) is 41.2. The molecule has 0 aliphatic carbocycles. The van der Waals surface area contributed by atoms with Crippen LogP contribution in [0.2, 0.25) is 0 Å². The molecule has 1 atom stereocenters. The molecule has 0 radical (unpaired) electrons. The van der Waals surface area contributed by atoms with E-state index in [9.17, 15) is 14.4 Å². The molecule has 0 fully saturated rings. The molecule has 3 aromatic rings. The van der Waals surface area contributed by atoms with E-state index in [4.69, 9.17) is 9.15 Å². The van der Waals surface area contributed by atoms with E-state index in [1.54, 1.807) is 29.7 Å². The Morgan fingerprint density at radius 2 is 2.21 bits per heavy atom. The van der Waals surface area contributed by atoms with Gasteiger partial charge in [0.05, 0.1) is 28.8 Å². The molecular formula is C20H19N3O5. The Morgan fingerprint density at radius 1 is 1.36 bits per heavy atom. The Morgan fingerprint density at radius 3 is 3.00 bits per heavy atom. The zero-order chi connectivity index (χ0) is 19.7. The van der Waals surface area contributed by atoms with Crippen LogP contribution < -0.4 is 10.9 Å². The third kappa shape index (κ3) is 3.40. The molecule has 3 heterocycles. The van der Waals surface area contributed by atoms with E-state index in [-0.39, 0.29) is 17.2 Å². The number of furan rings is 1. The predicted octanol–water partition coefficient (Wildman–Crippen LogP) is 1.97. The molecule has 0 spiro atoms. The van der Waals surface area contributed by atoms with E-state index >= 15 is 0 Å². The number of nitrogens with one attached hydrogen (secondary N) is 1. The second-order valence-corrected chi connectivity index (χ2v) is 6.70. The summed E-state index contributed by atoms with van der Waals surface area (Å²) < 4.78 is 12.0. The number of ether oxygens (including phenoxy) is 1. The Bertz CT molecular complexity index is 1100. The maximum absolute atomic E-state index is 12.5. The highest BCUT2D eigenvalue weighted by Gasteiger charge is 2.18. The van der Waals surface area contributed by atoms with Gasteiger partial charge in [0.2, 0.25) is 0 Å². The zero-order valence-corrected chi connectivity index (χ0v) is 15.3. The first-order valence-corrected chi connectivity index (χ1v) is 9.06. The Kier molecular flexibility index (Phi) is 4.68. The zero-order valence-electron chi connectivity index (χ0n) is 15.3. The summed E-state index contributed by atoms with van der Waals surface area (Å²) >= 11 is 0. The summed E-state index contributed by atoms with van der Waals surface area (Å²) in [7, 11) is 0. The highest BCUT2D eigenvalue weighted by atomic mass is 16.5. The number of carbonyl (C=O) groups is 2. The lowest BCUT2D eigenvalue weighted by molar-refractivity contribution is -0.125. The van der Waals surface area contributed by atoms with Crippen LogP contribution in [0.1, 0.15) is 41.3 Å². The first-order valence-electron chi connectivity index (χ1n) is 9.06. The summed E-state index contributed by atoms with van der Waals surface area (Å²) in [6, 6.07) is 7.76. The van der Waals surface area contributed by atoms with Crippen molar-refractivity contribution in [2.24, 2.45) is 0 Å². The van der Waals surface area contributed by atoms with Gasteiger partial charge < -0.3 is 14.5 Å². The molecule has 28 heavy (non-hydrogen) atoms. The number of esters is 1. The van der Waals surface area contributed by atoms with Gasteiger partial charge in [-0.3, -0.25) is 14.2 Å². The van der Waals surface area contributed by atoms with Crippen LogP contribution >= 0.6 is 0 Å². The van der Waals surface area contributed by atoms with Crippen LogP contribution in [0, 0.1) is 0 Å². The number of amides is 1. The van der Waals surface area contributed by atoms with Crippen LogP contribution in [0.25, 0.3) is 10.9 Å². The van der Waals surface area contributed by atoms with E-state index in [1.807, 2.05) is 0 Å². The van der Waals surface area contributed by atoms with Crippen molar-refractivity contribution in [3.8, 4) is 0 Å². The third-order valence-corrected chi connectivity index (χ3v) is 4.73. The predicted molar refractivity (Wildman–Crippen MR) is 99.9 cm³/mol. The van der Waals surface area contributed by atoms with Crippen molar-refractivity contribution in [2.75, 3.05) is 6.61 Å². The number of hydrogen-bond acceptors (Lipinski definition) is 6. The van der Waals surface area contributed by atoms with Crippen molar-refractivity contribution < 1.29 is 18.7 Å². The van der Waals surface area contributed by atoms with Gasteiger partial charge in [-0.1, -0.05) is 0 Å². The van der Waals surface area contributed by atoms with Gasteiger partial charge in [0.25, 0.3) is 11.5 Å². The van der Waals surface area contributed by atoms with Gasteiger partial charge >= 0.3 is 5.97 Å². The standard InChI is InChI=1S/C20H19N3O5/c1-12(16-4-3-9-27-16)21-18(24)11-28-20(26)13-6-7-14-15(10-13)22-17-5-2-8-23(17)19(14)25/h3-4,6-7,9-10,12H,2,5,8,11H2,1H3,(H,21,24)/t12-/m0/s1. The second kappa shape index (κ2) is 7.30. The Balaban J connectivity index is 1.43. The topological polar surface area (TPSA) is 103 Å². The largest absolute Gasteiger partial charge is 0.467 e. The molecule has 1 amide bonds. The van der Waals surface area contributed by atoms with Crippen molar-refractivity contribution in [3.63, 3.8) is 0 Å². The molecule has 2 aromatic heterocycles. The molecule has 0 saturated carbocycles. The van der Waals surface area contributed by atoms with E-state index < -0.39 is 18.5 Å². The third-order valence-electron chi connectivity index (χ3n) is 4.73. The number of nitrogens with zero attached hydrogens (tertiary/aromatic N) is 2. The van der Waals surface area contributed by atoms with Crippen molar-refractivity contribution >= 4 is 22.8 Å².